The zero-order chi connectivity index (χ0) is 36.5. The molecule has 1 amide bonds. The van der Waals surface area contributed by atoms with Crippen molar-refractivity contribution in [2.75, 3.05) is 4.90 Å². The van der Waals surface area contributed by atoms with E-state index < -0.39 is 23.4 Å². The quantitative estimate of drug-likeness (QED) is 0.152. The van der Waals surface area contributed by atoms with Gasteiger partial charge in [-0.2, -0.15) is 9.78 Å². The molecule has 0 atom stereocenters. The molecule has 0 fully saturated rings. The first-order chi connectivity index (χ1) is 24.1. The normalized spacial score (nSPS) is 12.7. The summed E-state index contributed by atoms with van der Waals surface area (Å²) in [6.45, 7) is 11.2. The molecule has 4 heterocycles. The van der Waals surface area contributed by atoms with Gasteiger partial charge < -0.3 is 14.2 Å². The molecule has 0 saturated heterocycles. The number of halogens is 1. The zero-order valence-electron chi connectivity index (χ0n) is 29.1. The summed E-state index contributed by atoms with van der Waals surface area (Å²) in [5.41, 5.74) is 3.57. The molecule has 0 saturated carbocycles. The van der Waals surface area contributed by atoms with E-state index in [2.05, 4.69) is 10.1 Å². The van der Waals surface area contributed by atoms with Crippen LogP contribution in [0.4, 0.5) is 21.1 Å². The average Bonchev–Trinajstić information content (AvgIpc) is 3.75. The van der Waals surface area contributed by atoms with Gasteiger partial charge in [0.25, 0.3) is 0 Å². The van der Waals surface area contributed by atoms with Crippen LogP contribution in [0.15, 0.2) is 79.4 Å². The Morgan fingerprint density at radius 1 is 0.863 bits per heavy atom. The van der Waals surface area contributed by atoms with Crippen molar-refractivity contribution in [3.8, 4) is 22.5 Å². The molecule has 1 aliphatic heterocycles. The first-order valence-electron chi connectivity index (χ1n) is 16.3. The van der Waals surface area contributed by atoms with Gasteiger partial charge in [0.05, 0.1) is 35.8 Å². The molecule has 2 aromatic carbocycles. The van der Waals surface area contributed by atoms with Gasteiger partial charge in [-0.15, -0.1) is 0 Å². The highest BCUT2D eigenvalue weighted by atomic mass is 35.5. The fourth-order valence-corrected chi connectivity index (χ4v) is 5.50. The summed E-state index contributed by atoms with van der Waals surface area (Å²) in [7, 11) is 0. The number of hydrogen-bond acceptors (Lipinski definition) is 10. The van der Waals surface area contributed by atoms with Gasteiger partial charge in [-0.3, -0.25) is 9.78 Å². The van der Waals surface area contributed by atoms with E-state index >= 15 is 0 Å². The molecule has 0 aliphatic carbocycles. The second kappa shape index (κ2) is 14.0. The van der Waals surface area contributed by atoms with Gasteiger partial charge >= 0.3 is 12.2 Å². The van der Waals surface area contributed by atoms with Crippen molar-refractivity contribution in [2.24, 2.45) is 0 Å². The molecule has 3 aromatic heterocycles. The van der Waals surface area contributed by atoms with E-state index in [1.807, 2.05) is 36.4 Å². The molecule has 0 bridgehead atoms. The first-order valence-corrected chi connectivity index (χ1v) is 16.6. The lowest BCUT2D eigenvalue weighted by atomic mass is 10.0. The maximum Gasteiger partial charge on any atom is 0.435 e. The Labute approximate surface area is 300 Å². The molecular weight excluding hydrogens is 672 g/mol. The summed E-state index contributed by atoms with van der Waals surface area (Å²) in [6.07, 6.45) is 5.01. The van der Waals surface area contributed by atoms with Crippen molar-refractivity contribution in [2.45, 2.75) is 72.4 Å². The SMILES string of the molecule is CC(C)(C)OC(=O)N(c1ccc(-c2cnn(C(=O)OC(C)(C)C)c2)cc1)c1nc(-c2cccc(CC(=O)c3cncc(Cl)c3)c2)nc2c1COC2. The van der Waals surface area contributed by atoms with Crippen molar-refractivity contribution < 1.29 is 28.6 Å². The topological polar surface area (TPSA) is 139 Å². The van der Waals surface area contributed by atoms with Gasteiger partial charge in [0.2, 0.25) is 0 Å². The lowest BCUT2D eigenvalue weighted by Crippen LogP contribution is -2.35. The van der Waals surface area contributed by atoms with Crippen molar-refractivity contribution >= 4 is 41.1 Å². The van der Waals surface area contributed by atoms with Gasteiger partial charge in [0, 0.05) is 47.3 Å². The lowest BCUT2D eigenvalue weighted by molar-refractivity contribution is 0.0513. The standard InChI is InChI=1S/C38H37ClN6O6/c1-37(2,3)50-35(47)44-20-27(18-41-44)24-10-12-29(13-11-24)45(36(48)51-38(4,5)6)34-30-21-49-22-31(30)42-33(43-34)25-9-7-8-23(14-25)15-32(46)26-16-28(39)19-40-17-26/h7-14,16-20H,15,21-22H2,1-6H3. The average molecular weight is 709 g/mol. The van der Waals surface area contributed by atoms with E-state index in [1.165, 1.54) is 17.3 Å². The van der Waals surface area contributed by atoms with Crippen LogP contribution >= 0.6 is 11.6 Å². The van der Waals surface area contributed by atoms with Crippen LogP contribution in [0.25, 0.3) is 22.5 Å². The Bertz CT molecular complexity index is 2120. The molecular formula is C38H37ClN6O6. The van der Waals surface area contributed by atoms with Crippen LogP contribution in [-0.4, -0.2) is 53.9 Å². The number of Topliss-reactive ketones (excluding diaryl/α,β-unsaturated/α-hetero) is 1. The van der Waals surface area contributed by atoms with Gasteiger partial charge in [-0.25, -0.2) is 24.5 Å². The maximum absolute atomic E-state index is 14.0. The number of benzene rings is 2. The van der Waals surface area contributed by atoms with E-state index in [4.69, 9.17) is 35.8 Å². The molecule has 0 spiro atoms. The van der Waals surface area contributed by atoms with Crippen LogP contribution < -0.4 is 4.90 Å². The number of ether oxygens (including phenoxy) is 3. The van der Waals surface area contributed by atoms with Gasteiger partial charge in [-0.05, 0) is 76.9 Å². The molecule has 6 rings (SSSR count). The second-order valence-corrected chi connectivity index (χ2v) is 14.4. The molecule has 0 N–H and O–H groups in total. The van der Waals surface area contributed by atoms with E-state index in [9.17, 15) is 14.4 Å². The van der Waals surface area contributed by atoms with Gasteiger partial charge in [0.1, 0.15) is 11.2 Å². The molecule has 51 heavy (non-hydrogen) atoms. The minimum atomic E-state index is -0.805. The molecule has 0 unspecified atom stereocenters. The number of aromatic nitrogens is 5. The number of ketones is 1. The molecule has 262 valence electrons. The third kappa shape index (κ3) is 8.47. The Kier molecular flexibility index (Phi) is 9.74. The van der Waals surface area contributed by atoms with Crippen LogP contribution in [0.2, 0.25) is 5.02 Å². The van der Waals surface area contributed by atoms with Crippen molar-refractivity contribution in [3.05, 3.63) is 107 Å². The number of fused-ring (bicyclic) bond motifs is 1. The predicted octanol–water partition coefficient (Wildman–Crippen LogP) is 8.37. The number of pyridine rings is 1. The third-order valence-corrected chi connectivity index (χ3v) is 7.75. The zero-order valence-corrected chi connectivity index (χ0v) is 29.9. The van der Waals surface area contributed by atoms with Crippen molar-refractivity contribution in [1.29, 1.82) is 0 Å². The number of carbonyl (C=O) groups is 3. The summed E-state index contributed by atoms with van der Waals surface area (Å²) in [4.78, 5) is 54.7. The van der Waals surface area contributed by atoms with Crippen LogP contribution in [-0.2, 0) is 33.8 Å². The van der Waals surface area contributed by atoms with E-state index in [-0.39, 0.29) is 25.4 Å². The Hall–Kier alpha value is -5.46. The summed E-state index contributed by atoms with van der Waals surface area (Å²) in [5.74, 6) is 0.536. The van der Waals surface area contributed by atoms with Crippen LogP contribution in [0, 0.1) is 0 Å². The number of nitrogens with zero attached hydrogens (tertiary/aromatic N) is 6. The predicted molar refractivity (Wildman–Crippen MR) is 191 cm³/mol. The Morgan fingerprint density at radius 2 is 1.61 bits per heavy atom. The first kappa shape index (κ1) is 35.4. The van der Waals surface area contributed by atoms with Gasteiger partial charge in [-0.1, -0.05) is 41.9 Å². The number of hydrogen-bond donors (Lipinski definition) is 0. The van der Waals surface area contributed by atoms with E-state index in [1.54, 1.807) is 72.1 Å². The summed E-state index contributed by atoms with van der Waals surface area (Å²) >= 11 is 6.05. The highest BCUT2D eigenvalue weighted by Gasteiger charge is 2.32. The number of carbonyl (C=O) groups excluding carboxylic acids is 3. The van der Waals surface area contributed by atoms with Crippen molar-refractivity contribution in [3.63, 3.8) is 0 Å². The summed E-state index contributed by atoms with van der Waals surface area (Å²) < 4.78 is 18.2. The van der Waals surface area contributed by atoms with E-state index in [0.29, 0.717) is 50.3 Å². The fraction of sp³-hybridized carbons (Fsp3) is 0.289. The largest absolute Gasteiger partial charge is 0.443 e. The van der Waals surface area contributed by atoms with Crippen LogP contribution in [0.1, 0.15) is 68.7 Å². The van der Waals surface area contributed by atoms with Crippen LogP contribution in [0.3, 0.4) is 0 Å². The maximum atomic E-state index is 14.0. The van der Waals surface area contributed by atoms with Crippen molar-refractivity contribution in [1.82, 2.24) is 24.7 Å². The third-order valence-electron chi connectivity index (χ3n) is 7.54. The minimum Gasteiger partial charge on any atom is -0.443 e. The van der Waals surface area contributed by atoms with E-state index in [0.717, 1.165) is 15.8 Å². The number of anilines is 2. The molecule has 0 radical (unpaired) electrons. The minimum absolute atomic E-state index is 0.115. The lowest BCUT2D eigenvalue weighted by Gasteiger charge is -2.28. The number of amides is 1. The summed E-state index contributed by atoms with van der Waals surface area (Å²) in [6, 6.07) is 16.1. The fourth-order valence-electron chi connectivity index (χ4n) is 5.33. The molecule has 1 aliphatic rings. The Balaban J connectivity index is 1.35. The highest BCUT2D eigenvalue weighted by molar-refractivity contribution is 6.30. The molecule has 5 aromatic rings. The van der Waals surface area contributed by atoms with Gasteiger partial charge in [0.15, 0.2) is 17.4 Å². The molecule has 13 heteroatoms. The number of rotatable bonds is 7. The smallest absolute Gasteiger partial charge is 0.435 e. The summed E-state index contributed by atoms with van der Waals surface area (Å²) in [5, 5.41) is 4.55. The second-order valence-electron chi connectivity index (χ2n) is 14.0. The monoisotopic (exact) mass is 708 g/mol. The Morgan fingerprint density at radius 3 is 2.31 bits per heavy atom. The van der Waals surface area contributed by atoms with Crippen LogP contribution in [0.5, 0.6) is 0 Å². The highest BCUT2D eigenvalue weighted by Crippen LogP contribution is 2.36. The molecule has 12 nitrogen and oxygen atoms in total.